The number of carbonyl (C=O) groups is 3. The van der Waals surface area contributed by atoms with Crippen molar-refractivity contribution in [2.24, 2.45) is 0 Å². The molecule has 0 fully saturated rings. The molecule has 0 saturated heterocycles. The van der Waals surface area contributed by atoms with Crippen molar-refractivity contribution >= 4 is 29.2 Å². The van der Waals surface area contributed by atoms with Gasteiger partial charge in [0.2, 0.25) is 5.91 Å². The van der Waals surface area contributed by atoms with E-state index in [1.165, 1.54) is 44.9 Å². The average molecular weight is 481 g/mol. The number of esters is 1. The van der Waals surface area contributed by atoms with Crippen molar-refractivity contribution in [3.8, 4) is 0 Å². The molecule has 2 N–H and O–H groups in total. The van der Waals surface area contributed by atoms with Crippen molar-refractivity contribution in [3.05, 3.63) is 59.7 Å². The first-order valence-corrected chi connectivity index (χ1v) is 13.0. The van der Waals surface area contributed by atoms with Crippen LogP contribution in [0, 0.1) is 0 Å². The quantitative estimate of drug-likeness (QED) is 0.202. The molecule has 0 bridgehead atoms. The Morgan fingerprint density at radius 1 is 0.743 bits per heavy atom. The molecule has 0 aliphatic rings. The molecule has 190 valence electrons. The van der Waals surface area contributed by atoms with Crippen LogP contribution in [0.15, 0.2) is 48.5 Å². The molecule has 2 rings (SSSR count). The predicted octanol–water partition coefficient (Wildman–Crippen LogP) is 6.90. The number of anilines is 2. The first kappa shape index (κ1) is 28.1. The minimum absolute atomic E-state index is 0.0626. The van der Waals surface area contributed by atoms with Crippen LogP contribution in [0.2, 0.25) is 0 Å². The lowest BCUT2D eigenvalue weighted by molar-refractivity contribution is -0.119. The lowest BCUT2D eigenvalue weighted by Gasteiger charge is -2.10. The zero-order valence-corrected chi connectivity index (χ0v) is 21.2. The largest absolute Gasteiger partial charge is 0.452 e. The van der Waals surface area contributed by atoms with E-state index in [0.717, 1.165) is 24.8 Å². The third kappa shape index (κ3) is 11.2. The molecule has 0 saturated carbocycles. The maximum Gasteiger partial charge on any atom is 0.338 e. The fraction of sp³-hybridized carbons (Fsp3) is 0.483. The van der Waals surface area contributed by atoms with E-state index in [2.05, 4.69) is 17.6 Å². The minimum atomic E-state index is -0.612. The van der Waals surface area contributed by atoms with Crippen LogP contribution in [0.3, 0.4) is 0 Å². The van der Waals surface area contributed by atoms with Crippen LogP contribution < -0.4 is 10.6 Å². The van der Waals surface area contributed by atoms with Gasteiger partial charge in [0.15, 0.2) is 6.61 Å². The fourth-order valence-electron chi connectivity index (χ4n) is 3.89. The molecular weight excluding hydrogens is 440 g/mol. The summed E-state index contributed by atoms with van der Waals surface area (Å²) in [5.74, 6) is -1.07. The van der Waals surface area contributed by atoms with Crippen LogP contribution in [-0.2, 0) is 20.7 Å². The molecule has 35 heavy (non-hydrogen) atoms. The zero-order valence-electron chi connectivity index (χ0n) is 21.2. The molecule has 0 unspecified atom stereocenters. The standard InChI is InChI=1S/C29H40N2O4/c1-3-5-6-7-8-9-10-11-12-20-27(32)30-25-18-15-17-24(21-25)29(34)35-22-28(33)31-26-19-14-13-16-23(26)4-2/h13-19,21H,3-12,20,22H2,1-2H3,(H,30,32)(H,31,33). The molecule has 2 amide bonds. The summed E-state index contributed by atoms with van der Waals surface area (Å²) < 4.78 is 5.17. The third-order valence-corrected chi connectivity index (χ3v) is 5.90. The molecule has 0 aromatic heterocycles. The third-order valence-electron chi connectivity index (χ3n) is 5.90. The minimum Gasteiger partial charge on any atom is -0.452 e. The summed E-state index contributed by atoms with van der Waals surface area (Å²) in [6.45, 7) is 3.85. The molecule has 2 aromatic carbocycles. The second kappa shape index (κ2) is 16.5. The first-order valence-electron chi connectivity index (χ1n) is 13.0. The van der Waals surface area contributed by atoms with E-state index < -0.39 is 11.9 Å². The zero-order chi connectivity index (χ0) is 25.3. The maximum absolute atomic E-state index is 12.4. The van der Waals surface area contributed by atoms with E-state index in [4.69, 9.17) is 4.74 Å². The highest BCUT2D eigenvalue weighted by atomic mass is 16.5. The highest BCUT2D eigenvalue weighted by Crippen LogP contribution is 2.16. The molecule has 2 aromatic rings. The highest BCUT2D eigenvalue weighted by molar-refractivity contribution is 5.97. The van der Waals surface area contributed by atoms with Gasteiger partial charge in [-0.1, -0.05) is 89.5 Å². The number of para-hydroxylation sites is 1. The Morgan fingerprint density at radius 2 is 1.43 bits per heavy atom. The average Bonchev–Trinajstić information content (AvgIpc) is 2.86. The van der Waals surface area contributed by atoms with Gasteiger partial charge in [0, 0.05) is 17.8 Å². The normalized spacial score (nSPS) is 10.6. The van der Waals surface area contributed by atoms with Crippen LogP contribution in [0.25, 0.3) is 0 Å². The Hall–Kier alpha value is -3.15. The van der Waals surface area contributed by atoms with Gasteiger partial charge in [-0.2, -0.15) is 0 Å². The van der Waals surface area contributed by atoms with Crippen molar-refractivity contribution in [2.75, 3.05) is 17.2 Å². The van der Waals surface area contributed by atoms with Gasteiger partial charge in [-0.15, -0.1) is 0 Å². The van der Waals surface area contributed by atoms with Crippen LogP contribution in [0.1, 0.15) is 94.0 Å². The van der Waals surface area contributed by atoms with Gasteiger partial charge in [-0.25, -0.2) is 4.79 Å². The van der Waals surface area contributed by atoms with Crippen LogP contribution in [0.4, 0.5) is 11.4 Å². The van der Waals surface area contributed by atoms with Gasteiger partial charge in [0.25, 0.3) is 5.91 Å². The number of unbranched alkanes of at least 4 members (excludes halogenated alkanes) is 8. The Balaban J connectivity index is 1.69. The van der Waals surface area contributed by atoms with Crippen molar-refractivity contribution in [1.82, 2.24) is 0 Å². The summed E-state index contributed by atoms with van der Waals surface area (Å²) in [6, 6.07) is 14.1. The number of rotatable bonds is 16. The summed E-state index contributed by atoms with van der Waals surface area (Å²) in [4.78, 5) is 36.9. The summed E-state index contributed by atoms with van der Waals surface area (Å²) in [5, 5.41) is 5.62. The summed E-state index contributed by atoms with van der Waals surface area (Å²) in [5.41, 5.74) is 2.56. The number of nitrogens with one attached hydrogen (secondary N) is 2. The second-order valence-corrected chi connectivity index (χ2v) is 8.84. The highest BCUT2D eigenvalue weighted by Gasteiger charge is 2.13. The monoisotopic (exact) mass is 480 g/mol. The number of carbonyl (C=O) groups excluding carboxylic acids is 3. The topological polar surface area (TPSA) is 84.5 Å². The molecule has 6 heteroatoms. The Kier molecular flexibility index (Phi) is 13.2. The summed E-state index contributed by atoms with van der Waals surface area (Å²) >= 11 is 0. The van der Waals surface area contributed by atoms with Crippen LogP contribution in [0.5, 0.6) is 0 Å². The molecule has 0 radical (unpaired) electrons. The van der Waals surface area contributed by atoms with E-state index in [9.17, 15) is 14.4 Å². The van der Waals surface area contributed by atoms with E-state index in [-0.39, 0.29) is 18.1 Å². The molecule has 0 aliphatic heterocycles. The van der Waals surface area contributed by atoms with Gasteiger partial charge in [-0.05, 0) is 42.7 Å². The number of amides is 2. The van der Waals surface area contributed by atoms with Crippen LogP contribution in [-0.4, -0.2) is 24.4 Å². The Bertz CT molecular complexity index is 942. The molecule has 0 heterocycles. The van der Waals surface area contributed by atoms with Gasteiger partial charge >= 0.3 is 5.97 Å². The first-order chi connectivity index (χ1) is 17.0. The van der Waals surface area contributed by atoms with Crippen LogP contribution >= 0.6 is 0 Å². The van der Waals surface area contributed by atoms with Crippen molar-refractivity contribution in [3.63, 3.8) is 0 Å². The van der Waals surface area contributed by atoms with Crippen molar-refractivity contribution < 1.29 is 19.1 Å². The van der Waals surface area contributed by atoms with E-state index in [0.29, 0.717) is 17.8 Å². The predicted molar refractivity (Wildman–Crippen MR) is 142 cm³/mol. The smallest absolute Gasteiger partial charge is 0.338 e. The maximum atomic E-state index is 12.4. The van der Waals surface area contributed by atoms with Crippen molar-refractivity contribution in [2.45, 2.75) is 84.5 Å². The number of hydrogen-bond donors (Lipinski definition) is 2. The molecule has 0 atom stereocenters. The van der Waals surface area contributed by atoms with Gasteiger partial charge in [-0.3, -0.25) is 9.59 Å². The molecule has 0 spiro atoms. The Labute approximate surface area is 209 Å². The number of aryl methyl sites for hydroxylation is 1. The fourth-order valence-corrected chi connectivity index (χ4v) is 3.89. The number of ether oxygens (including phenoxy) is 1. The number of hydrogen-bond acceptors (Lipinski definition) is 4. The molecule has 6 nitrogen and oxygen atoms in total. The summed E-state index contributed by atoms with van der Waals surface area (Å²) in [6.07, 6.45) is 12.1. The Morgan fingerprint density at radius 3 is 2.14 bits per heavy atom. The molecule has 0 aliphatic carbocycles. The lowest BCUT2D eigenvalue weighted by atomic mass is 10.1. The molecular formula is C29H40N2O4. The van der Waals surface area contributed by atoms with Gasteiger partial charge in [0.1, 0.15) is 0 Å². The lowest BCUT2D eigenvalue weighted by Crippen LogP contribution is -2.21. The van der Waals surface area contributed by atoms with E-state index in [1.807, 2.05) is 31.2 Å². The van der Waals surface area contributed by atoms with E-state index >= 15 is 0 Å². The van der Waals surface area contributed by atoms with Gasteiger partial charge in [0.05, 0.1) is 5.56 Å². The van der Waals surface area contributed by atoms with Crippen molar-refractivity contribution in [1.29, 1.82) is 0 Å². The second-order valence-electron chi connectivity index (χ2n) is 8.84. The number of benzene rings is 2. The summed E-state index contributed by atoms with van der Waals surface area (Å²) in [7, 11) is 0. The van der Waals surface area contributed by atoms with Gasteiger partial charge < -0.3 is 15.4 Å². The van der Waals surface area contributed by atoms with E-state index in [1.54, 1.807) is 24.3 Å². The SMILES string of the molecule is CCCCCCCCCCCC(=O)Nc1cccc(C(=O)OCC(=O)Nc2ccccc2CC)c1.